The van der Waals surface area contributed by atoms with Gasteiger partial charge in [0.25, 0.3) is 0 Å². The Kier molecular flexibility index (Phi) is 3.61. The van der Waals surface area contributed by atoms with E-state index < -0.39 is 28.3 Å². The Morgan fingerprint density at radius 1 is 1.32 bits per heavy atom. The quantitative estimate of drug-likeness (QED) is 0.731. The average molecular weight is 331 g/mol. The van der Waals surface area contributed by atoms with E-state index in [4.69, 9.17) is 14.2 Å². The van der Waals surface area contributed by atoms with Gasteiger partial charge in [0.2, 0.25) is 4.87 Å². The number of likely N-dealkylation sites (tertiary alicyclic amines) is 1. The number of aliphatic carboxylic acids is 1. The van der Waals surface area contributed by atoms with Gasteiger partial charge < -0.3 is 19.3 Å². The van der Waals surface area contributed by atoms with Crippen LogP contribution in [0.1, 0.15) is 33.6 Å². The Morgan fingerprint density at radius 2 is 1.95 bits per heavy atom. The number of rotatable bonds is 1. The highest BCUT2D eigenvalue weighted by Crippen LogP contribution is 2.63. The Hall–Kier alpha value is -0.990. The number of carbonyl (C=O) groups excluding carboxylic acids is 1. The molecule has 8 heteroatoms. The molecule has 0 aromatic carbocycles. The van der Waals surface area contributed by atoms with Gasteiger partial charge in [0.1, 0.15) is 5.60 Å². The minimum absolute atomic E-state index is 0.0811. The van der Waals surface area contributed by atoms with Crippen LogP contribution in [0.15, 0.2) is 0 Å². The van der Waals surface area contributed by atoms with Gasteiger partial charge in [-0.25, -0.2) is 9.59 Å². The first kappa shape index (κ1) is 15.9. The number of carboxylic acids is 1. The van der Waals surface area contributed by atoms with Gasteiger partial charge in [-0.05, 0) is 27.2 Å². The molecule has 1 spiro atoms. The zero-order valence-electron chi connectivity index (χ0n) is 13.0. The fourth-order valence-corrected chi connectivity index (χ4v) is 4.33. The lowest BCUT2D eigenvalue weighted by atomic mass is 9.97. The van der Waals surface area contributed by atoms with E-state index in [1.54, 1.807) is 20.8 Å². The third-order valence-corrected chi connectivity index (χ3v) is 5.51. The molecular formula is C14H21NO6S. The van der Waals surface area contributed by atoms with Gasteiger partial charge in [0, 0.05) is 6.42 Å². The highest BCUT2D eigenvalue weighted by Gasteiger charge is 2.74. The molecule has 2 atom stereocenters. The predicted octanol–water partition coefficient (Wildman–Crippen LogP) is 1.66. The molecule has 3 aliphatic rings. The highest BCUT2D eigenvalue weighted by atomic mass is 32.2. The van der Waals surface area contributed by atoms with Crippen molar-refractivity contribution in [3.05, 3.63) is 0 Å². The van der Waals surface area contributed by atoms with Crippen LogP contribution in [0.3, 0.4) is 0 Å². The second-order valence-corrected chi connectivity index (χ2v) is 8.27. The van der Waals surface area contributed by atoms with Gasteiger partial charge in [-0.2, -0.15) is 0 Å². The number of nitrogens with zero attached hydrogens (tertiary/aromatic N) is 1. The summed E-state index contributed by atoms with van der Waals surface area (Å²) >= 11 is 1.25. The third-order valence-electron chi connectivity index (χ3n) is 3.94. The summed E-state index contributed by atoms with van der Waals surface area (Å²) in [6.07, 6.45) is 0.640. The van der Waals surface area contributed by atoms with Crippen molar-refractivity contribution in [3.63, 3.8) is 0 Å². The van der Waals surface area contributed by atoms with E-state index >= 15 is 0 Å². The lowest BCUT2D eigenvalue weighted by Gasteiger charge is -2.45. The monoisotopic (exact) mass is 331 g/mol. The van der Waals surface area contributed by atoms with Crippen molar-refractivity contribution in [1.29, 1.82) is 0 Å². The van der Waals surface area contributed by atoms with Crippen LogP contribution < -0.4 is 0 Å². The highest BCUT2D eigenvalue weighted by molar-refractivity contribution is 8.09. The third kappa shape index (κ3) is 2.57. The molecular weight excluding hydrogens is 310 g/mol. The van der Waals surface area contributed by atoms with Crippen LogP contribution in [-0.2, 0) is 19.0 Å². The molecule has 3 heterocycles. The molecule has 1 unspecified atom stereocenters. The Bertz CT molecular complexity index is 498. The Balaban J connectivity index is 1.85. The molecule has 7 nitrogen and oxygen atoms in total. The summed E-state index contributed by atoms with van der Waals surface area (Å²) in [5, 5.41) is 9.36. The number of ether oxygens (including phenoxy) is 3. The molecule has 1 amide bonds. The Morgan fingerprint density at radius 3 is 2.50 bits per heavy atom. The topological polar surface area (TPSA) is 85.3 Å². The lowest BCUT2D eigenvalue weighted by Crippen LogP contribution is -2.63. The average Bonchev–Trinajstić information content (AvgIpc) is 3.11. The molecule has 0 bridgehead atoms. The van der Waals surface area contributed by atoms with Gasteiger partial charge in [-0.1, -0.05) is 0 Å². The summed E-state index contributed by atoms with van der Waals surface area (Å²) < 4.78 is 16.9. The normalized spacial score (nSPS) is 33.2. The van der Waals surface area contributed by atoms with E-state index in [-0.39, 0.29) is 11.8 Å². The van der Waals surface area contributed by atoms with Gasteiger partial charge in [-0.15, -0.1) is 11.8 Å². The SMILES string of the molecule is CC(C)(C)OC(=O)N1CC2(CC3S[C@@]31C(=O)O)OCCCO2. The summed E-state index contributed by atoms with van der Waals surface area (Å²) in [7, 11) is 0. The number of carboxylic acid groups (broad SMARTS) is 1. The number of fused-ring (bicyclic) bond motifs is 1. The summed E-state index contributed by atoms with van der Waals surface area (Å²) in [4.78, 5) is 24.3. The van der Waals surface area contributed by atoms with Crippen molar-refractivity contribution >= 4 is 23.8 Å². The van der Waals surface area contributed by atoms with Gasteiger partial charge in [0.05, 0.1) is 25.0 Å². The van der Waals surface area contributed by atoms with Crippen molar-refractivity contribution in [2.24, 2.45) is 0 Å². The fourth-order valence-electron chi connectivity index (χ4n) is 2.95. The van der Waals surface area contributed by atoms with Crippen LogP contribution in [0, 0.1) is 0 Å². The van der Waals surface area contributed by atoms with Gasteiger partial charge in [-0.3, -0.25) is 4.90 Å². The van der Waals surface area contributed by atoms with Crippen LogP contribution in [0.5, 0.6) is 0 Å². The van der Waals surface area contributed by atoms with Crippen LogP contribution in [0.2, 0.25) is 0 Å². The largest absolute Gasteiger partial charge is 0.479 e. The molecule has 0 aliphatic carbocycles. The maximum absolute atomic E-state index is 12.5. The number of carbonyl (C=O) groups is 2. The second kappa shape index (κ2) is 5.01. The van der Waals surface area contributed by atoms with E-state index in [0.717, 1.165) is 6.42 Å². The van der Waals surface area contributed by atoms with Crippen molar-refractivity contribution in [2.45, 2.75) is 55.1 Å². The van der Waals surface area contributed by atoms with Crippen molar-refractivity contribution in [2.75, 3.05) is 19.8 Å². The molecule has 3 aliphatic heterocycles. The van der Waals surface area contributed by atoms with E-state index in [9.17, 15) is 14.7 Å². The lowest BCUT2D eigenvalue weighted by molar-refractivity contribution is -0.284. The predicted molar refractivity (Wildman–Crippen MR) is 78.6 cm³/mol. The minimum Gasteiger partial charge on any atom is -0.479 e. The zero-order valence-corrected chi connectivity index (χ0v) is 13.8. The van der Waals surface area contributed by atoms with Gasteiger partial charge >= 0.3 is 12.1 Å². The van der Waals surface area contributed by atoms with Gasteiger partial charge in [0.15, 0.2) is 5.79 Å². The van der Waals surface area contributed by atoms with Crippen molar-refractivity contribution < 1.29 is 28.9 Å². The molecule has 1 N–H and O–H groups in total. The van der Waals surface area contributed by atoms with Crippen LogP contribution in [0.25, 0.3) is 0 Å². The first-order valence-electron chi connectivity index (χ1n) is 7.38. The first-order valence-corrected chi connectivity index (χ1v) is 8.26. The number of hydrogen-bond donors (Lipinski definition) is 1. The van der Waals surface area contributed by atoms with Crippen LogP contribution in [-0.4, -0.2) is 63.3 Å². The van der Waals surface area contributed by atoms with Crippen molar-refractivity contribution in [3.8, 4) is 0 Å². The van der Waals surface area contributed by atoms with E-state index in [2.05, 4.69) is 0 Å². The van der Waals surface area contributed by atoms with E-state index in [1.165, 1.54) is 16.7 Å². The van der Waals surface area contributed by atoms with E-state index in [1.807, 2.05) is 0 Å². The van der Waals surface area contributed by atoms with E-state index in [0.29, 0.717) is 19.6 Å². The zero-order chi connectivity index (χ0) is 16.2. The summed E-state index contributed by atoms with van der Waals surface area (Å²) in [6.45, 7) is 6.45. The smallest absolute Gasteiger partial charge is 0.412 e. The molecule has 3 saturated heterocycles. The second-order valence-electron chi connectivity index (χ2n) is 6.84. The van der Waals surface area contributed by atoms with Crippen LogP contribution >= 0.6 is 11.8 Å². The summed E-state index contributed by atoms with van der Waals surface area (Å²) in [5.74, 6) is -1.92. The molecule has 22 heavy (non-hydrogen) atoms. The summed E-state index contributed by atoms with van der Waals surface area (Å²) in [6, 6.07) is 0. The molecule has 0 radical (unpaired) electrons. The summed E-state index contributed by atoms with van der Waals surface area (Å²) in [5.41, 5.74) is -0.690. The number of hydrogen-bond acceptors (Lipinski definition) is 6. The molecule has 124 valence electrons. The standard InChI is InChI=1S/C14H21NO6S/c1-12(2,3)21-11(18)15-8-13(19-5-4-6-20-13)7-9-14(15,22-9)10(16)17/h9H,4-8H2,1-3H3,(H,16,17)/t9?,14-/m1/s1. The molecule has 0 aromatic rings. The van der Waals surface area contributed by atoms with Crippen molar-refractivity contribution in [1.82, 2.24) is 4.90 Å². The van der Waals surface area contributed by atoms with Crippen LogP contribution in [0.4, 0.5) is 4.79 Å². The maximum Gasteiger partial charge on any atom is 0.412 e. The molecule has 3 rings (SSSR count). The maximum atomic E-state index is 12.5. The molecule has 3 fully saturated rings. The fraction of sp³-hybridized carbons (Fsp3) is 0.857. The number of amides is 1. The molecule has 0 saturated carbocycles. The number of thioether (sulfide) groups is 1. The minimum atomic E-state index is -1.24. The molecule has 0 aromatic heterocycles. The number of piperidine rings is 1. The Labute approximate surface area is 133 Å². The first-order chi connectivity index (χ1) is 10.2.